The number of carbonyl (C=O) groups excluding carboxylic acids is 2. The van der Waals surface area contributed by atoms with Crippen molar-refractivity contribution in [2.75, 3.05) is 17.2 Å². The number of furan rings is 1. The fourth-order valence-electron chi connectivity index (χ4n) is 2.00. The minimum atomic E-state index is -0.218. The van der Waals surface area contributed by atoms with Gasteiger partial charge in [0.25, 0.3) is 5.91 Å². The fraction of sp³-hybridized carbons (Fsp3) is 0.143. The molecule has 0 fully saturated rings. The van der Waals surface area contributed by atoms with Gasteiger partial charge in [0, 0.05) is 5.56 Å². The van der Waals surface area contributed by atoms with Crippen molar-refractivity contribution in [3.8, 4) is 0 Å². The predicted octanol–water partition coefficient (Wildman–Crippen LogP) is 1.57. The first kappa shape index (κ1) is 12.3. The Labute approximate surface area is 115 Å². The maximum Gasteiger partial charge on any atom is 0.251 e. The molecule has 1 aliphatic heterocycles. The number of hydrogen-bond donors (Lipinski definition) is 3. The largest absolute Gasteiger partial charge is 0.467 e. The van der Waals surface area contributed by atoms with Gasteiger partial charge in [-0.2, -0.15) is 0 Å². The van der Waals surface area contributed by atoms with Crippen LogP contribution in [0.2, 0.25) is 0 Å². The molecule has 3 rings (SSSR count). The van der Waals surface area contributed by atoms with Crippen LogP contribution in [-0.4, -0.2) is 18.4 Å². The van der Waals surface area contributed by atoms with Gasteiger partial charge in [-0.1, -0.05) is 0 Å². The molecule has 6 nitrogen and oxygen atoms in total. The highest BCUT2D eigenvalue weighted by Crippen LogP contribution is 2.25. The second-order valence-corrected chi connectivity index (χ2v) is 4.42. The molecule has 0 spiro atoms. The van der Waals surface area contributed by atoms with Crippen molar-refractivity contribution in [1.82, 2.24) is 5.32 Å². The number of amides is 2. The van der Waals surface area contributed by atoms with Crippen molar-refractivity contribution < 1.29 is 14.0 Å². The van der Waals surface area contributed by atoms with E-state index in [1.807, 2.05) is 0 Å². The van der Waals surface area contributed by atoms with Gasteiger partial charge in [0.2, 0.25) is 5.91 Å². The Morgan fingerprint density at radius 1 is 1.30 bits per heavy atom. The van der Waals surface area contributed by atoms with E-state index in [1.54, 1.807) is 36.6 Å². The van der Waals surface area contributed by atoms with E-state index in [-0.39, 0.29) is 18.4 Å². The monoisotopic (exact) mass is 271 g/mol. The van der Waals surface area contributed by atoms with E-state index in [9.17, 15) is 9.59 Å². The highest BCUT2D eigenvalue weighted by molar-refractivity contribution is 6.03. The van der Waals surface area contributed by atoms with Crippen LogP contribution in [0.15, 0.2) is 41.0 Å². The SMILES string of the molecule is O=C1CNc2ccc(C(=O)NCc3ccco3)cc2N1. The molecule has 6 heteroatoms. The van der Waals surface area contributed by atoms with Crippen LogP contribution in [0.5, 0.6) is 0 Å². The zero-order valence-electron chi connectivity index (χ0n) is 10.6. The number of fused-ring (bicyclic) bond motifs is 1. The number of anilines is 2. The van der Waals surface area contributed by atoms with Crippen molar-refractivity contribution in [3.63, 3.8) is 0 Å². The number of benzene rings is 1. The number of carbonyl (C=O) groups is 2. The van der Waals surface area contributed by atoms with E-state index in [0.717, 1.165) is 5.69 Å². The summed E-state index contributed by atoms with van der Waals surface area (Å²) >= 11 is 0. The van der Waals surface area contributed by atoms with Crippen LogP contribution in [0.4, 0.5) is 11.4 Å². The van der Waals surface area contributed by atoms with Gasteiger partial charge in [-0.05, 0) is 30.3 Å². The standard InChI is InChI=1S/C14H13N3O3/c18-13-8-15-11-4-3-9(6-12(11)17-13)14(19)16-7-10-2-1-5-20-10/h1-6,15H,7-8H2,(H,16,19)(H,17,18). The average Bonchev–Trinajstić information content (AvgIpc) is 2.97. The Hall–Kier alpha value is -2.76. The zero-order chi connectivity index (χ0) is 13.9. The first-order valence-corrected chi connectivity index (χ1v) is 6.21. The molecule has 1 aromatic carbocycles. The molecule has 2 aromatic rings. The van der Waals surface area contributed by atoms with Crippen LogP contribution < -0.4 is 16.0 Å². The quantitative estimate of drug-likeness (QED) is 0.791. The third-order valence-electron chi connectivity index (χ3n) is 3.00. The Morgan fingerprint density at radius 2 is 2.20 bits per heavy atom. The summed E-state index contributed by atoms with van der Waals surface area (Å²) < 4.78 is 5.14. The maximum absolute atomic E-state index is 12.0. The predicted molar refractivity (Wildman–Crippen MR) is 73.4 cm³/mol. The third-order valence-corrected chi connectivity index (χ3v) is 3.00. The highest BCUT2D eigenvalue weighted by atomic mass is 16.3. The van der Waals surface area contributed by atoms with Gasteiger partial charge in [-0.3, -0.25) is 9.59 Å². The van der Waals surface area contributed by atoms with Crippen molar-refractivity contribution in [2.24, 2.45) is 0 Å². The third kappa shape index (κ3) is 2.49. The van der Waals surface area contributed by atoms with Gasteiger partial charge in [0.15, 0.2) is 0 Å². The van der Waals surface area contributed by atoms with E-state index in [0.29, 0.717) is 23.6 Å². The van der Waals surface area contributed by atoms with Gasteiger partial charge < -0.3 is 20.4 Å². The van der Waals surface area contributed by atoms with Gasteiger partial charge in [-0.25, -0.2) is 0 Å². The molecule has 0 unspecified atom stereocenters. The van der Waals surface area contributed by atoms with E-state index in [4.69, 9.17) is 4.42 Å². The maximum atomic E-state index is 12.0. The summed E-state index contributed by atoms with van der Waals surface area (Å²) in [5.74, 6) is 0.348. The summed E-state index contributed by atoms with van der Waals surface area (Å²) in [5.41, 5.74) is 1.92. The van der Waals surface area contributed by atoms with E-state index < -0.39 is 0 Å². The zero-order valence-corrected chi connectivity index (χ0v) is 10.6. The van der Waals surface area contributed by atoms with Crippen LogP contribution in [0.25, 0.3) is 0 Å². The molecule has 0 radical (unpaired) electrons. The van der Waals surface area contributed by atoms with Gasteiger partial charge in [0.1, 0.15) is 5.76 Å². The topological polar surface area (TPSA) is 83.4 Å². The van der Waals surface area contributed by atoms with E-state index in [2.05, 4.69) is 16.0 Å². The average molecular weight is 271 g/mol. The van der Waals surface area contributed by atoms with E-state index >= 15 is 0 Å². The Kier molecular flexibility index (Phi) is 3.12. The van der Waals surface area contributed by atoms with Gasteiger partial charge >= 0.3 is 0 Å². The summed E-state index contributed by atoms with van der Waals surface area (Å²) in [5, 5.41) is 8.45. The van der Waals surface area contributed by atoms with Crippen molar-refractivity contribution >= 4 is 23.2 Å². The Bertz CT molecular complexity index is 650. The summed E-state index contributed by atoms with van der Waals surface area (Å²) in [6.45, 7) is 0.574. The van der Waals surface area contributed by atoms with Crippen molar-refractivity contribution in [1.29, 1.82) is 0 Å². The molecular formula is C14H13N3O3. The molecule has 20 heavy (non-hydrogen) atoms. The summed E-state index contributed by atoms with van der Waals surface area (Å²) in [6, 6.07) is 8.69. The van der Waals surface area contributed by atoms with Gasteiger partial charge in [-0.15, -0.1) is 0 Å². The van der Waals surface area contributed by atoms with E-state index in [1.165, 1.54) is 0 Å². The number of hydrogen-bond acceptors (Lipinski definition) is 4. The lowest BCUT2D eigenvalue weighted by molar-refractivity contribution is -0.114. The summed E-state index contributed by atoms with van der Waals surface area (Å²) in [6.07, 6.45) is 1.56. The first-order valence-electron chi connectivity index (χ1n) is 6.21. The smallest absolute Gasteiger partial charge is 0.251 e. The Balaban J connectivity index is 1.72. The lowest BCUT2D eigenvalue weighted by Gasteiger charge is -2.19. The minimum absolute atomic E-state index is 0.120. The number of nitrogens with one attached hydrogen (secondary N) is 3. The highest BCUT2D eigenvalue weighted by Gasteiger charge is 2.16. The molecule has 3 N–H and O–H groups in total. The molecule has 1 aliphatic rings. The normalized spacial score (nSPS) is 13.1. The van der Waals surface area contributed by atoms with Gasteiger partial charge in [0.05, 0.1) is 30.7 Å². The van der Waals surface area contributed by atoms with Crippen LogP contribution in [0.1, 0.15) is 16.1 Å². The van der Waals surface area contributed by atoms with Crippen molar-refractivity contribution in [2.45, 2.75) is 6.54 Å². The second-order valence-electron chi connectivity index (χ2n) is 4.42. The minimum Gasteiger partial charge on any atom is -0.467 e. The second kappa shape index (κ2) is 5.08. The van der Waals surface area contributed by atoms with Crippen LogP contribution in [-0.2, 0) is 11.3 Å². The lowest BCUT2D eigenvalue weighted by atomic mass is 10.1. The molecule has 1 aromatic heterocycles. The molecule has 2 amide bonds. The van der Waals surface area contributed by atoms with Crippen LogP contribution in [0.3, 0.4) is 0 Å². The molecule has 0 bridgehead atoms. The molecule has 0 saturated heterocycles. The molecule has 0 saturated carbocycles. The molecule has 0 atom stereocenters. The molecule has 102 valence electrons. The fourth-order valence-corrected chi connectivity index (χ4v) is 2.00. The molecular weight excluding hydrogens is 258 g/mol. The Morgan fingerprint density at radius 3 is 3.00 bits per heavy atom. The summed E-state index contributed by atoms with van der Waals surface area (Å²) in [4.78, 5) is 23.3. The van der Waals surface area contributed by atoms with Crippen LogP contribution >= 0.6 is 0 Å². The molecule has 2 heterocycles. The van der Waals surface area contributed by atoms with Crippen LogP contribution in [0, 0.1) is 0 Å². The first-order chi connectivity index (χ1) is 9.72. The van der Waals surface area contributed by atoms with Crippen molar-refractivity contribution in [3.05, 3.63) is 47.9 Å². The molecule has 0 aliphatic carbocycles. The number of rotatable bonds is 3. The summed E-state index contributed by atoms with van der Waals surface area (Å²) in [7, 11) is 0. The lowest BCUT2D eigenvalue weighted by Crippen LogP contribution is -2.28.